The second-order valence-corrected chi connectivity index (χ2v) is 8.21. The van der Waals surface area contributed by atoms with Crippen LogP contribution in [0.3, 0.4) is 0 Å². The molecule has 0 aliphatic carbocycles. The van der Waals surface area contributed by atoms with Crippen molar-refractivity contribution in [3.8, 4) is 0 Å². The summed E-state index contributed by atoms with van der Waals surface area (Å²) in [5.74, 6) is 0.997. The first kappa shape index (κ1) is 18.2. The second kappa shape index (κ2) is 8.22. The molecule has 0 spiro atoms. The van der Waals surface area contributed by atoms with E-state index in [-0.39, 0.29) is 6.03 Å². The van der Waals surface area contributed by atoms with Crippen LogP contribution in [0.25, 0.3) is 0 Å². The number of aryl methyl sites for hydroxylation is 1. The minimum absolute atomic E-state index is 0.0464. The van der Waals surface area contributed by atoms with E-state index in [4.69, 9.17) is 0 Å². The van der Waals surface area contributed by atoms with Crippen LogP contribution in [-0.2, 0) is 6.54 Å². The number of pyridine rings is 1. The van der Waals surface area contributed by atoms with Crippen LogP contribution in [0.1, 0.15) is 23.5 Å². The molecule has 144 valence electrons. The number of carbonyl (C=O) groups is 1. The lowest BCUT2D eigenvalue weighted by atomic mass is 10.3. The quantitative estimate of drug-likeness (QED) is 0.875. The molecular weight excluding hydrogens is 360 g/mol. The van der Waals surface area contributed by atoms with Gasteiger partial charge in [0.05, 0.1) is 22.6 Å². The number of thiazole rings is 1. The summed E-state index contributed by atoms with van der Waals surface area (Å²) < 4.78 is 0. The minimum atomic E-state index is -0.0464. The highest BCUT2D eigenvalue weighted by Gasteiger charge is 2.22. The van der Waals surface area contributed by atoms with Gasteiger partial charge >= 0.3 is 6.03 Å². The topological polar surface area (TPSA) is 64.6 Å². The standard InChI is InChI=1S/C19H26N6OS/c1-15-21-17(14-27-15)13-23-8-10-25(11-9-23)19(26)22-16-4-5-18(20-12-16)24-6-2-3-7-24/h4-5,12,14H,2-3,6-11,13H2,1H3,(H,22,26). The lowest BCUT2D eigenvalue weighted by Gasteiger charge is -2.34. The predicted octanol–water partition coefficient (Wildman–Crippen LogP) is 2.80. The molecular formula is C19H26N6OS. The van der Waals surface area contributed by atoms with Gasteiger partial charge in [-0.25, -0.2) is 14.8 Å². The Morgan fingerprint density at radius 2 is 1.93 bits per heavy atom. The van der Waals surface area contributed by atoms with Crippen molar-refractivity contribution in [3.63, 3.8) is 0 Å². The van der Waals surface area contributed by atoms with Crippen LogP contribution in [0.5, 0.6) is 0 Å². The molecule has 2 aliphatic heterocycles. The predicted molar refractivity (Wildman–Crippen MR) is 108 cm³/mol. The van der Waals surface area contributed by atoms with Gasteiger partial charge in [-0.3, -0.25) is 4.90 Å². The molecule has 2 aliphatic rings. The largest absolute Gasteiger partial charge is 0.357 e. The van der Waals surface area contributed by atoms with Crippen molar-refractivity contribution in [1.82, 2.24) is 19.8 Å². The first-order chi connectivity index (χ1) is 13.2. The number of aromatic nitrogens is 2. The number of nitrogens with zero attached hydrogens (tertiary/aromatic N) is 5. The Morgan fingerprint density at radius 1 is 1.15 bits per heavy atom. The average molecular weight is 387 g/mol. The minimum Gasteiger partial charge on any atom is -0.357 e. The highest BCUT2D eigenvalue weighted by atomic mass is 32.1. The van der Waals surface area contributed by atoms with E-state index in [2.05, 4.69) is 30.5 Å². The van der Waals surface area contributed by atoms with E-state index < -0.39 is 0 Å². The number of carbonyl (C=O) groups excluding carboxylic acids is 1. The van der Waals surface area contributed by atoms with Crippen molar-refractivity contribution in [2.24, 2.45) is 0 Å². The van der Waals surface area contributed by atoms with Crippen LogP contribution < -0.4 is 10.2 Å². The zero-order valence-corrected chi connectivity index (χ0v) is 16.5. The van der Waals surface area contributed by atoms with Crippen LogP contribution in [-0.4, -0.2) is 65.1 Å². The molecule has 0 atom stereocenters. The zero-order valence-electron chi connectivity index (χ0n) is 15.7. The Balaban J connectivity index is 1.25. The Bertz CT molecular complexity index is 763. The Kier molecular flexibility index (Phi) is 5.54. The third-order valence-corrected chi connectivity index (χ3v) is 5.96. The maximum absolute atomic E-state index is 12.5. The lowest BCUT2D eigenvalue weighted by Crippen LogP contribution is -2.49. The fraction of sp³-hybridized carbons (Fsp3) is 0.526. The molecule has 8 heteroatoms. The fourth-order valence-corrected chi connectivity index (χ4v) is 4.22. The van der Waals surface area contributed by atoms with Crippen molar-refractivity contribution in [2.75, 3.05) is 49.5 Å². The Hall–Kier alpha value is -2.19. The normalized spacial score (nSPS) is 18.1. The van der Waals surface area contributed by atoms with Crippen LogP contribution in [0.4, 0.5) is 16.3 Å². The number of nitrogens with one attached hydrogen (secondary N) is 1. The van der Waals surface area contributed by atoms with E-state index >= 15 is 0 Å². The molecule has 2 amide bonds. The van der Waals surface area contributed by atoms with Crippen molar-refractivity contribution >= 4 is 28.9 Å². The van der Waals surface area contributed by atoms with Gasteiger partial charge in [-0.2, -0.15) is 0 Å². The van der Waals surface area contributed by atoms with Crippen LogP contribution in [0.15, 0.2) is 23.7 Å². The summed E-state index contributed by atoms with van der Waals surface area (Å²) in [6.07, 6.45) is 4.22. The van der Waals surface area contributed by atoms with Gasteiger partial charge in [0, 0.05) is 51.2 Å². The van der Waals surface area contributed by atoms with Crippen molar-refractivity contribution in [1.29, 1.82) is 0 Å². The van der Waals surface area contributed by atoms with Crippen molar-refractivity contribution < 1.29 is 4.79 Å². The lowest BCUT2D eigenvalue weighted by molar-refractivity contribution is 0.142. The molecule has 2 aromatic rings. The average Bonchev–Trinajstić information content (AvgIpc) is 3.35. The molecule has 0 saturated carbocycles. The summed E-state index contributed by atoms with van der Waals surface area (Å²) in [5.41, 5.74) is 1.88. The van der Waals surface area contributed by atoms with Crippen LogP contribution in [0.2, 0.25) is 0 Å². The van der Waals surface area contributed by atoms with Crippen LogP contribution in [0, 0.1) is 6.92 Å². The highest BCUT2D eigenvalue weighted by molar-refractivity contribution is 7.09. The summed E-state index contributed by atoms with van der Waals surface area (Å²) in [4.78, 5) is 28.1. The molecule has 1 N–H and O–H groups in total. The maximum atomic E-state index is 12.5. The van der Waals surface area contributed by atoms with Gasteiger partial charge in [-0.1, -0.05) is 0 Å². The molecule has 4 heterocycles. The molecule has 27 heavy (non-hydrogen) atoms. The number of rotatable bonds is 4. The van der Waals surface area contributed by atoms with Crippen LogP contribution >= 0.6 is 11.3 Å². The zero-order chi connectivity index (χ0) is 18.6. The molecule has 0 radical (unpaired) electrons. The first-order valence-corrected chi connectivity index (χ1v) is 10.5. The van der Waals surface area contributed by atoms with Gasteiger partial charge in [0.2, 0.25) is 0 Å². The van der Waals surface area contributed by atoms with Gasteiger partial charge in [0.15, 0.2) is 0 Å². The summed E-state index contributed by atoms with van der Waals surface area (Å²) in [6, 6.07) is 3.89. The highest BCUT2D eigenvalue weighted by Crippen LogP contribution is 2.19. The van der Waals surface area contributed by atoms with E-state index in [0.717, 1.165) is 68.0 Å². The van der Waals surface area contributed by atoms with Gasteiger partial charge in [-0.15, -0.1) is 11.3 Å². The van der Waals surface area contributed by atoms with E-state index in [1.165, 1.54) is 12.8 Å². The van der Waals surface area contributed by atoms with Gasteiger partial charge < -0.3 is 15.1 Å². The summed E-state index contributed by atoms with van der Waals surface area (Å²) in [5, 5.41) is 6.20. The maximum Gasteiger partial charge on any atom is 0.321 e. The summed E-state index contributed by atoms with van der Waals surface area (Å²) in [6.45, 7) is 8.24. The summed E-state index contributed by atoms with van der Waals surface area (Å²) in [7, 11) is 0. The van der Waals surface area contributed by atoms with E-state index in [9.17, 15) is 4.79 Å². The molecule has 2 aromatic heterocycles. The number of anilines is 2. The smallest absolute Gasteiger partial charge is 0.321 e. The number of amides is 2. The van der Waals surface area contributed by atoms with E-state index in [1.54, 1.807) is 17.5 Å². The molecule has 4 rings (SSSR count). The fourth-order valence-electron chi connectivity index (χ4n) is 3.61. The van der Waals surface area contributed by atoms with Crippen molar-refractivity contribution in [3.05, 3.63) is 34.4 Å². The number of hydrogen-bond acceptors (Lipinski definition) is 6. The SMILES string of the molecule is Cc1nc(CN2CCN(C(=O)Nc3ccc(N4CCCC4)nc3)CC2)cs1. The second-order valence-electron chi connectivity index (χ2n) is 7.15. The third-order valence-electron chi connectivity index (χ3n) is 5.14. The Morgan fingerprint density at radius 3 is 2.56 bits per heavy atom. The molecule has 0 aromatic carbocycles. The first-order valence-electron chi connectivity index (χ1n) is 9.58. The monoisotopic (exact) mass is 386 g/mol. The van der Waals surface area contributed by atoms with Gasteiger partial charge in [0.25, 0.3) is 0 Å². The Labute approximate surface area is 164 Å². The number of hydrogen-bond donors (Lipinski definition) is 1. The third kappa shape index (κ3) is 4.56. The molecule has 7 nitrogen and oxygen atoms in total. The van der Waals surface area contributed by atoms with Crippen molar-refractivity contribution in [2.45, 2.75) is 26.3 Å². The summed E-state index contributed by atoms with van der Waals surface area (Å²) >= 11 is 1.69. The number of piperazine rings is 1. The molecule has 0 bridgehead atoms. The number of urea groups is 1. The van der Waals surface area contributed by atoms with E-state index in [1.807, 2.05) is 24.0 Å². The van der Waals surface area contributed by atoms with E-state index in [0.29, 0.717) is 0 Å². The van der Waals surface area contributed by atoms with Gasteiger partial charge in [0.1, 0.15) is 5.82 Å². The molecule has 0 unspecified atom stereocenters. The molecule has 2 fully saturated rings. The van der Waals surface area contributed by atoms with Gasteiger partial charge in [-0.05, 0) is 31.9 Å². The molecule has 2 saturated heterocycles.